The van der Waals surface area contributed by atoms with Crippen LogP contribution in [0.4, 0.5) is 0 Å². The van der Waals surface area contributed by atoms with Crippen molar-refractivity contribution in [1.82, 2.24) is 9.80 Å². The topological polar surface area (TPSA) is 46.9 Å². The van der Waals surface area contributed by atoms with E-state index in [0.29, 0.717) is 12.1 Å². The first-order valence-electron chi connectivity index (χ1n) is 17.2. The highest BCUT2D eigenvalue weighted by molar-refractivity contribution is 4.71. The zero-order chi connectivity index (χ0) is 28.4. The highest BCUT2D eigenvalue weighted by Gasteiger charge is 2.16. The molecule has 0 fully saturated rings. The van der Waals surface area contributed by atoms with Crippen molar-refractivity contribution in [2.45, 2.75) is 194 Å². The van der Waals surface area contributed by atoms with Gasteiger partial charge in [0.1, 0.15) is 0 Å². The van der Waals surface area contributed by atoms with Crippen molar-refractivity contribution in [3.63, 3.8) is 0 Å². The smallest absolute Gasteiger partial charge is 0.0667 e. The average Bonchev–Trinajstić information content (AvgIpc) is 2.87. The van der Waals surface area contributed by atoms with E-state index in [4.69, 9.17) is 0 Å². The van der Waals surface area contributed by atoms with E-state index in [1.807, 2.05) is 0 Å². The van der Waals surface area contributed by atoms with E-state index in [1.165, 1.54) is 116 Å². The van der Waals surface area contributed by atoms with Gasteiger partial charge in [-0.2, -0.15) is 0 Å². The van der Waals surface area contributed by atoms with E-state index in [2.05, 4.69) is 51.3 Å². The minimum atomic E-state index is -0.180. The molecule has 0 heterocycles. The van der Waals surface area contributed by atoms with Crippen molar-refractivity contribution in [2.75, 3.05) is 26.2 Å². The molecule has 38 heavy (non-hydrogen) atoms. The highest BCUT2D eigenvalue weighted by atomic mass is 16.3. The Morgan fingerprint density at radius 2 is 0.711 bits per heavy atom. The number of hydrogen-bond donors (Lipinski definition) is 2. The quantitative estimate of drug-likeness (QED) is 0.0929. The summed E-state index contributed by atoms with van der Waals surface area (Å²) in [6.45, 7) is 17.4. The minimum absolute atomic E-state index is 0.180. The summed E-state index contributed by atoms with van der Waals surface area (Å²) in [5.41, 5.74) is 0. The molecule has 0 aliphatic heterocycles. The Morgan fingerprint density at radius 1 is 0.421 bits per heavy atom. The number of rotatable bonds is 29. The lowest BCUT2D eigenvalue weighted by molar-refractivity contribution is 0.0835. The standard InChI is InChI=1S/C34H72N2O2/c1-7-9-11-13-15-17-21-25-33(37)29-35(31(3)4)27-23-19-20-24-28-36(32(5)6)30-34(38)26-22-18-16-14-12-10-8-2/h31-34,37-38H,7-30H2,1-6H3. The molecule has 0 bridgehead atoms. The maximum atomic E-state index is 10.6. The summed E-state index contributed by atoms with van der Waals surface area (Å²) in [6.07, 6.45) is 24.8. The molecule has 0 amide bonds. The fourth-order valence-corrected chi connectivity index (χ4v) is 5.50. The van der Waals surface area contributed by atoms with Crippen LogP contribution >= 0.6 is 0 Å². The van der Waals surface area contributed by atoms with Crippen LogP contribution < -0.4 is 0 Å². The van der Waals surface area contributed by atoms with Crippen molar-refractivity contribution in [3.8, 4) is 0 Å². The van der Waals surface area contributed by atoms with Crippen LogP contribution in [0.25, 0.3) is 0 Å². The van der Waals surface area contributed by atoms with Crippen LogP contribution in [0.2, 0.25) is 0 Å². The fourth-order valence-electron chi connectivity index (χ4n) is 5.50. The molecule has 4 nitrogen and oxygen atoms in total. The van der Waals surface area contributed by atoms with Crippen LogP contribution in [0.15, 0.2) is 0 Å². The van der Waals surface area contributed by atoms with Crippen LogP contribution in [0.1, 0.15) is 170 Å². The number of unbranched alkanes of at least 4 members (excludes halogenated alkanes) is 15. The SMILES string of the molecule is CCCCCCCCCC(O)CN(CCCCCCN(CC(O)CCCCCCCCC)C(C)C)C(C)C. The molecule has 2 atom stereocenters. The molecule has 0 aliphatic rings. The molecular weight excluding hydrogens is 468 g/mol. The van der Waals surface area contributed by atoms with E-state index >= 15 is 0 Å². The molecule has 230 valence electrons. The normalized spacial score (nSPS) is 13.9. The van der Waals surface area contributed by atoms with Gasteiger partial charge in [-0.3, -0.25) is 9.80 Å². The largest absolute Gasteiger partial charge is 0.392 e. The summed E-state index contributed by atoms with van der Waals surface area (Å²) in [4.78, 5) is 4.96. The molecule has 0 aromatic heterocycles. The first-order chi connectivity index (χ1) is 18.3. The van der Waals surface area contributed by atoms with E-state index < -0.39 is 0 Å². The van der Waals surface area contributed by atoms with Gasteiger partial charge < -0.3 is 10.2 Å². The third kappa shape index (κ3) is 23.7. The molecule has 0 rings (SSSR count). The van der Waals surface area contributed by atoms with Crippen molar-refractivity contribution in [2.24, 2.45) is 0 Å². The van der Waals surface area contributed by atoms with Crippen molar-refractivity contribution >= 4 is 0 Å². The van der Waals surface area contributed by atoms with Gasteiger partial charge in [0, 0.05) is 25.2 Å². The summed E-state index contributed by atoms with van der Waals surface area (Å²) in [5, 5.41) is 21.2. The van der Waals surface area contributed by atoms with Crippen LogP contribution in [0, 0.1) is 0 Å². The predicted molar refractivity (Wildman–Crippen MR) is 169 cm³/mol. The second-order valence-corrected chi connectivity index (χ2v) is 12.7. The highest BCUT2D eigenvalue weighted by Crippen LogP contribution is 2.14. The van der Waals surface area contributed by atoms with Crippen LogP contribution in [-0.2, 0) is 0 Å². The first-order valence-corrected chi connectivity index (χ1v) is 17.2. The third-order valence-electron chi connectivity index (χ3n) is 8.27. The number of hydrogen-bond acceptors (Lipinski definition) is 4. The minimum Gasteiger partial charge on any atom is -0.392 e. The Morgan fingerprint density at radius 3 is 1.03 bits per heavy atom. The fraction of sp³-hybridized carbons (Fsp3) is 1.00. The molecule has 0 aliphatic carbocycles. The van der Waals surface area contributed by atoms with Gasteiger partial charge in [-0.25, -0.2) is 0 Å². The van der Waals surface area contributed by atoms with Gasteiger partial charge in [0.2, 0.25) is 0 Å². The lowest BCUT2D eigenvalue weighted by atomic mass is 10.1. The predicted octanol–water partition coefficient (Wildman–Crippen LogP) is 8.97. The zero-order valence-corrected chi connectivity index (χ0v) is 27.1. The van der Waals surface area contributed by atoms with Gasteiger partial charge in [0.15, 0.2) is 0 Å². The molecule has 0 aromatic carbocycles. The molecule has 2 N–H and O–H groups in total. The zero-order valence-electron chi connectivity index (χ0n) is 27.1. The van der Waals surface area contributed by atoms with Crippen molar-refractivity contribution in [3.05, 3.63) is 0 Å². The molecule has 0 aromatic rings. The summed E-state index contributed by atoms with van der Waals surface area (Å²) >= 11 is 0. The Balaban J connectivity index is 3.99. The van der Waals surface area contributed by atoms with E-state index in [-0.39, 0.29) is 12.2 Å². The summed E-state index contributed by atoms with van der Waals surface area (Å²) in [6, 6.07) is 0.987. The maximum Gasteiger partial charge on any atom is 0.0667 e. The number of nitrogens with zero attached hydrogens (tertiary/aromatic N) is 2. The Hall–Kier alpha value is -0.160. The van der Waals surface area contributed by atoms with E-state index in [9.17, 15) is 10.2 Å². The molecular formula is C34H72N2O2. The molecule has 4 heteroatoms. The second-order valence-electron chi connectivity index (χ2n) is 12.7. The molecule has 2 unspecified atom stereocenters. The Bertz CT molecular complexity index is 429. The molecule has 0 spiro atoms. The van der Waals surface area contributed by atoms with Gasteiger partial charge in [-0.1, -0.05) is 117 Å². The lowest BCUT2D eigenvalue weighted by Gasteiger charge is -2.29. The lowest BCUT2D eigenvalue weighted by Crippen LogP contribution is -2.38. The third-order valence-corrected chi connectivity index (χ3v) is 8.27. The van der Waals surface area contributed by atoms with E-state index in [0.717, 1.165) is 39.0 Å². The maximum absolute atomic E-state index is 10.6. The van der Waals surface area contributed by atoms with Gasteiger partial charge in [0.25, 0.3) is 0 Å². The van der Waals surface area contributed by atoms with Gasteiger partial charge in [-0.05, 0) is 66.5 Å². The summed E-state index contributed by atoms with van der Waals surface area (Å²) in [5.74, 6) is 0. The first kappa shape index (κ1) is 37.8. The van der Waals surface area contributed by atoms with E-state index in [1.54, 1.807) is 0 Å². The summed E-state index contributed by atoms with van der Waals surface area (Å²) in [7, 11) is 0. The number of aliphatic hydroxyl groups is 2. The van der Waals surface area contributed by atoms with Gasteiger partial charge in [0.05, 0.1) is 12.2 Å². The Kier molecular flexibility index (Phi) is 26.9. The van der Waals surface area contributed by atoms with Crippen LogP contribution in [-0.4, -0.2) is 70.5 Å². The monoisotopic (exact) mass is 541 g/mol. The van der Waals surface area contributed by atoms with Crippen molar-refractivity contribution < 1.29 is 10.2 Å². The van der Waals surface area contributed by atoms with Crippen LogP contribution in [0.5, 0.6) is 0 Å². The van der Waals surface area contributed by atoms with Crippen LogP contribution in [0.3, 0.4) is 0 Å². The second kappa shape index (κ2) is 27.0. The Labute approximate surface area is 240 Å². The van der Waals surface area contributed by atoms with Gasteiger partial charge >= 0.3 is 0 Å². The molecule has 0 saturated carbocycles. The average molecular weight is 541 g/mol. The van der Waals surface area contributed by atoms with Crippen molar-refractivity contribution in [1.29, 1.82) is 0 Å². The number of aliphatic hydroxyl groups excluding tert-OH is 2. The van der Waals surface area contributed by atoms with Gasteiger partial charge in [-0.15, -0.1) is 0 Å². The molecule has 0 radical (unpaired) electrons. The summed E-state index contributed by atoms with van der Waals surface area (Å²) < 4.78 is 0. The molecule has 0 saturated heterocycles.